The number of morpholine rings is 1. The van der Waals surface area contributed by atoms with Crippen LogP contribution in [-0.4, -0.2) is 53.8 Å². The molecule has 1 aromatic rings. The molecular weight excluding hydrogens is 228 g/mol. The maximum Gasteiger partial charge on any atom is 0.203 e. The summed E-state index contributed by atoms with van der Waals surface area (Å²) in [6.07, 6.45) is 3.93. The largest absolute Gasteiger partial charge is 0.379 e. The predicted molar refractivity (Wildman–Crippen MR) is 72.9 cm³/mol. The number of hydrogen-bond acceptors (Lipinski definition) is 4. The Labute approximate surface area is 108 Å². The van der Waals surface area contributed by atoms with Crippen molar-refractivity contribution in [3.05, 3.63) is 24.5 Å². The molecule has 0 spiro atoms. The summed E-state index contributed by atoms with van der Waals surface area (Å²) >= 11 is 0. The van der Waals surface area contributed by atoms with Crippen molar-refractivity contribution in [2.45, 2.75) is 13.5 Å². The van der Waals surface area contributed by atoms with Crippen molar-refractivity contribution in [1.82, 2.24) is 14.5 Å². The normalized spacial score (nSPS) is 16.7. The zero-order valence-electron chi connectivity index (χ0n) is 11.1. The molecule has 0 aromatic carbocycles. The Morgan fingerprint density at radius 1 is 1.44 bits per heavy atom. The van der Waals surface area contributed by atoms with Crippen molar-refractivity contribution in [2.75, 3.05) is 44.7 Å². The second kappa shape index (κ2) is 6.56. The maximum atomic E-state index is 5.35. The van der Waals surface area contributed by atoms with Crippen LogP contribution in [0.5, 0.6) is 0 Å². The molecule has 0 aliphatic carbocycles. The van der Waals surface area contributed by atoms with Crippen molar-refractivity contribution in [3.63, 3.8) is 0 Å². The van der Waals surface area contributed by atoms with Gasteiger partial charge < -0.3 is 14.6 Å². The van der Waals surface area contributed by atoms with Crippen LogP contribution in [0.25, 0.3) is 0 Å². The van der Waals surface area contributed by atoms with E-state index in [1.165, 1.54) is 0 Å². The van der Waals surface area contributed by atoms with Gasteiger partial charge in [-0.2, -0.15) is 0 Å². The summed E-state index contributed by atoms with van der Waals surface area (Å²) in [5.41, 5.74) is 1.04. The fourth-order valence-corrected chi connectivity index (χ4v) is 2.10. The summed E-state index contributed by atoms with van der Waals surface area (Å²) in [5.74, 6) is 0.931. The highest BCUT2D eigenvalue weighted by atomic mass is 16.5. The van der Waals surface area contributed by atoms with E-state index in [-0.39, 0.29) is 0 Å². The Hall–Kier alpha value is -1.33. The summed E-state index contributed by atoms with van der Waals surface area (Å²) in [4.78, 5) is 6.90. The van der Waals surface area contributed by atoms with Gasteiger partial charge in [0.15, 0.2) is 0 Å². The topological polar surface area (TPSA) is 42.3 Å². The Balaban J connectivity index is 1.88. The molecule has 0 bridgehead atoms. The summed E-state index contributed by atoms with van der Waals surface area (Å²) in [6, 6.07) is 0. The summed E-state index contributed by atoms with van der Waals surface area (Å²) in [5, 5.41) is 3.26. The van der Waals surface area contributed by atoms with Crippen molar-refractivity contribution in [3.8, 4) is 0 Å². The van der Waals surface area contributed by atoms with Gasteiger partial charge in [0.2, 0.25) is 5.95 Å². The minimum atomic E-state index is 0.744. The second-order valence-electron chi connectivity index (χ2n) is 4.52. The van der Waals surface area contributed by atoms with Gasteiger partial charge in [-0.15, -0.1) is 6.58 Å². The van der Waals surface area contributed by atoms with E-state index in [1.807, 2.05) is 13.0 Å². The highest BCUT2D eigenvalue weighted by molar-refractivity contribution is 5.29. The molecule has 5 nitrogen and oxygen atoms in total. The number of ether oxygens (including phenoxy) is 1. The van der Waals surface area contributed by atoms with Crippen LogP contribution in [0.15, 0.2) is 18.9 Å². The first kappa shape index (κ1) is 13.1. The van der Waals surface area contributed by atoms with E-state index in [1.54, 1.807) is 0 Å². The minimum absolute atomic E-state index is 0.744. The van der Waals surface area contributed by atoms with Crippen LogP contribution in [0.4, 0.5) is 5.95 Å². The fraction of sp³-hybridized carbons (Fsp3) is 0.615. The lowest BCUT2D eigenvalue weighted by Gasteiger charge is -2.26. The van der Waals surface area contributed by atoms with Gasteiger partial charge in [0.1, 0.15) is 0 Å². The molecule has 5 heteroatoms. The third-order valence-electron chi connectivity index (χ3n) is 3.06. The lowest BCUT2D eigenvalue weighted by molar-refractivity contribution is 0.0364. The third kappa shape index (κ3) is 3.58. The number of aryl methyl sites for hydroxylation is 1. The maximum absolute atomic E-state index is 5.35. The standard InChI is InChI=1S/C13H22N4O/c1-3-4-14-13-15-12(2)11-17(13)6-5-16-7-9-18-10-8-16/h3,11H,1,4-10H2,2H3,(H,14,15). The summed E-state index contributed by atoms with van der Waals surface area (Å²) in [6.45, 7) is 12.2. The van der Waals surface area contributed by atoms with Crippen molar-refractivity contribution in [2.24, 2.45) is 0 Å². The first-order valence-corrected chi connectivity index (χ1v) is 6.48. The number of hydrogen-bond donors (Lipinski definition) is 1. The fourth-order valence-electron chi connectivity index (χ4n) is 2.10. The quantitative estimate of drug-likeness (QED) is 0.768. The summed E-state index contributed by atoms with van der Waals surface area (Å²) < 4.78 is 7.52. The average Bonchev–Trinajstić information content (AvgIpc) is 2.75. The molecular formula is C13H22N4O. The predicted octanol–water partition coefficient (Wildman–Crippen LogP) is 1.12. The average molecular weight is 250 g/mol. The molecule has 100 valence electrons. The second-order valence-corrected chi connectivity index (χ2v) is 4.52. The van der Waals surface area contributed by atoms with E-state index in [9.17, 15) is 0 Å². The number of aromatic nitrogens is 2. The smallest absolute Gasteiger partial charge is 0.203 e. The first-order valence-electron chi connectivity index (χ1n) is 6.48. The van der Waals surface area contributed by atoms with Crippen LogP contribution in [0, 0.1) is 6.92 Å². The zero-order valence-corrected chi connectivity index (χ0v) is 11.1. The first-order chi connectivity index (χ1) is 8.79. The molecule has 1 saturated heterocycles. The van der Waals surface area contributed by atoms with Gasteiger partial charge in [0.25, 0.3) is 0 Å². The molecule has 1 fully saturated rings. The monoisotopic (exact) mass is 250 g/mol. The number of rotatable bonds is 6. The third-order valence-corrected chi connectivity index (χ3v) is 3.06. The van der Waals surface area contributed by atoms with Gasteiger partial charge in [-0.1, -0.05) is 6.08 Å². The Bertz CT molecular complexity index is 382. The lowest BCUT2D eigenvalue weighted by Crippen LogP contribution is -2.38. The van der Waals surface area contributed by atoms with Gasteiger partial charge in [0.05, 0.1) is 18.9 Å². The summed E-state index contributed by atoms with van der Waals surface area (Å²) in [7, 11) is 0. The molecule has 2 heterocycles. The van der Waals surface area contributed by atoms with E-state index in [0.717, 1.165) is 57.6 Å². The molecule has 1 aliphatic heterocycles. The van der Waals surface area contributed by atoms with Crippen LogP contribution < -0.4 is 5.32 Å². The van der Waals surface area contributed by atoms with E-state index >= 15 is 0 Å². The Morgan fingerprint density at radius 3 is 2.94 bits per heavy atom. The van der Waals surface area contributed by atoms with Gasteiger partial charge in [0, 0.05) is 38.9 Å². The van der Waals surface area contributed by atoms with Crippen LogP contribution >= 0.6 is 0 Å². The van der Waals surface area contributed by atoms with Gasteiger partial charge >= 0.3 is 0 Å². The highest BCUT2D eigenvalue weighted by Gasteiger charge is 2.11. The Kier molecular flexibility index (Phi) is 4.78. The molecule has 0 atom stereocenters. The molecule has 0 amide bonds. The van der Waals surface area contributed by atoms with Crippen molar-refractivity contribution in [1.29, 1.82) is 0 Å². The number of nitrogens with zero attached hydrogens (tertiary/aromatic N) is 3. The van der Waals surface area contributed by atoms with E-state index in [2.05, 4.69) is 32.5 Å². The molecule has 2 rings (SSSR count). The molecule has 0 saturated carbocycles. The van der Waals surface area contributed by atoms with E-state index in [4.69, 9.17) is 4.74 Å². The highest BCUT2D eigenvalue weighted by Crippen LogP contribution is 2.09. The van der Waals surface area contributed by atoms with Gasteiger partial charge in [-0.05, 0) is 6.92 Å². The minimum Gasteiger partial charge on any atom is -0.379 e. The van der Waals surface area contributed by atoms with Crippen LogP contribution in [-0.2, 0) is 11.3 Å². The van der Waals surface area contributed by atoms with E-state index in [0.29, 0.717) is 0 Å². The number of anilines is 1. The molecule has 0 radical (unpaired) electrons. The van der Waals surface area contributed by atoms with Crippen LogP contribution in [0.3, 0.4) is 0 Å². The SMILES string of the molecule is C=CCNc1nc(C)cn1CCN1CCOCC1. The molecule has 1 aromatic heterocycles. The molecule has 1 aliphatic rings. The Morgan fingerprint density at radius 2 is 2.22 bits per heavy atom. The van der Waals surface area contributed by atoms with Crippen LogP contribution in [0.2, 0.25) is 0 Å². The lowest BCUT2D eigenvalue weighted by atomic mass is 10.4. The molecule has 0 unspecified atom stereocenters. The zero-order chi connectivity index (χ0) is 12.8. The van der Waals surface area contributed by atoms with Crippen molar-refractivity contribution < 1.29 is 4.74 Å². The van der Waals surface area contributed by atoms with Crippen molar-refractivity contribution >= 4 is 5.95 Å². The number of imidazole rings is 1. The molecule has 1 N–H and O–H groups in total. The van der Waals surface area contributed by atoms with Crippen LogP contribution in [0.1, 0.15) is 5.69 Å². The van der Waals surface area contributed by atoms with E-state index < -0.39 is 0 Å². The van der Waals surface area contributed by atoms with Gasteiger partial charge in [-0.3, -0.25) is 4.90 Å². The number of nitrogens with one attached hydrogen (secondary N) is 1. The van der Waals surface area contributed by atoms with Gasteiger partial charge in [-0.25, -0.2) is 4.98 Å². The molecule has 18 heavy (non-hydrogen) atoms.